The Morgan fingerprint density at radius 1 is 1.27 bits per heavy atom. The molecule has 1 aromatic heterocycles. The van der Waals surface area contributed by atoms with Gasteiger partial charge in [0.25, 0.3) is 5.56 Å². The highest BCUT2D eigenvalue weighted by Crippen LogP contribution is 2.35. The van der Waals surface area contributed by atoms with Crippen LogP contribution in [-0.2, 0) is 16.1 Å². The zero-order chi connectivity index (χ0) is 21.8. The van der Waals surface area contributed by atoms with E-state index in [9.17, 15) is 19.1 Å². The van der Waals surface area contributed by atoms with Gasteiger partial charge in [0, 0.05) is 12.2 Å². The van der Waals surface area contributed by atoms with Crippen molar-refractivity contribution in [2.24, 2.45) is 5.92 Å². The molecule has 2 heterocycles. The summed E-state index contributed by atoms with van der Waals surface area (Å²) in [6.45, 7) is 7.31. The molecule has 0 aliphatic carbocycles. The average molecular weight is 416 g/mol. The predicted molar refractivity (Wildman–Crippen MR) is 112 cm³/mol. The molecule has 0 amide bonds. The third-order valence-corrected chi connectivity index (χ3v) is 5.79. The number of likely N-dealkylation sites (tertiary alicyclic amines) is 1. The van der Waals surface area contributed by atoms with Crippen molar-refractivity contribution in [2.45, 2.75) is 46.2 Å². The van der Waals surface area contributed by atoms with E-state index in [1.807, 2.05) is 11.8 Å². The zero-order valence-corrected chi connectivity index (χ0v) is 17.7. The van der Waals surface area contributed by atoms with Gasteiger partial charge in [-0.05, 0) is 70.5 Å². The van der Waals surface area contributed by atoms with Crippen molar-refractivity contribution in [3.63, 3.8) is 0 Å². The molecule has 1 N–H and O–H groups in total. The van der Waals surface area contributed by atoms with Crippen LogP contribution in [-0.4, -0.2) is 40.2 Å². The molecule has 2 aromatic rings. The maximum absolute atomic E-state index is 14.0. The molecule has 6 nitrogen and oxygen atoms in total. The summed E-state index contributed by atoms with van der Waals surface area (Å²) in [6, 6.07) is 7.10. The van der Waals surface area contributed by atoms with Crippen LogP contribution in [0, 0.1) is 18.7 Å². The first kappa shape index (κ1) is 22.0. The minimum absolute atomic E-state index is 0.0935. The Bertz CT molecular complexity index is 964. The monoisotopic (exact) mass is 416 g/mol. The molecule has 0 radical (unpaired) electrons. The van der Waals surface area contributed by atoms with Crippen LogP contribution >= 0.6 is 0 Å². The van der Waals surface area contributed by atoms with Crippen LogP contribution in [0.2, 0.25) is 0 Å². The second-order valence-electron chi connectivity index (χ2n) is 7.65. The van der Waals surface area contributed by atoms with Gasteiger partial charge < -0.3 is 14.4 Å². The molecule has 1 aliphatic heterocycles. The largest absolute Gasteiger partial charge is 0.507 e. The van der Waals surface area contributed by atoms with Gasteiger partial charge in [0.15, 0.2) is 0 Å². The van der Waals surface area contributed by atoms with Gasteiger partial charge in [-0.15, -0.1) is 0 Å². The van der Waals surface area contributed by atoms with Gasteiger partial charge in [0.1, 0.15) is 11.6 Å². The summed E-state index contributed by atoms with van der Waals surface area (Å²) in [6.07, 6.45) is 1.17. The fraction of sp³-hybridized carbons (Fsp3) is 0.478. The number of aromatic nitrogens is 1. The fourth-order valence-corrected chi connectivity index (χ4v) is 4.31. The number of hydrogen-bond acceptors (Lipinski definition) is 5. The van der Waals surface area contributed by atoms with E-state index in [1.54, 1.807) is 36.6 Å². The van der Waals surface area contributed by atoms with Gasteiger partial charge in [-0.3, -0.25) is 14.5 Å². The molecule has 0 unspecified atom stereocenters. The summed E-state index contributed by atoms with van der Waals surface area (Å²) in [5.41, 5.74) is 1.23. The Morgan fingerprint density at radius 2 is 1.97 bits per heavy atom. The summed E-state index contributed by atoms with van der Waals surface area (Å²) in [4.78, 5) is 27.4. The van der Waals surface area contributed by atoms with Crippen molar-refractivity contribution in [3.05, 3.63) is 63.3 Å². The molecule has 3 rings (SSSR count). The van der Waals surface area contributed by atoms with E-state index >= 15 is 0 Å². The number of piperidine rings is 1. The first-order valence-corrected chi connectivity index (χ1v) is 10.5. The van der Waals surface area contributed by atoms with Gasteiger partial charge in [-0.25, -0.2) is 4.39 Å². The van der Waals surface area contributed by atoms with Crippen molar-refractivity contribution < 1.29 is 19.0 Å². The van der Waals surface area contributed by atoms with Crippen molar-refractivity contribution in [1.29, 1.82) is 0 Å². The third-order valence-electron chi connectivity index (χ3n) is 5.79. The van der Waals surface area contributed by atoms with Crippen molar-refractivity contribution in [3.8, 4) is 5.75 Å². The van der Waals surface area contributed by atoms with Crippen LogP contribution in [0.3, 0.4) is 0 Å². The van der Waals surface area contributed by atoms with E-state index in [2.05, 4.69) is 0 Å². The minimum Gasteiger partial charge on any atom is -0.507 e. The van der Waals surface area contributed by atoms with Gasteiger partial charge >= 0.3 is 5.97 Å². The highest BCUT2D eigenvalue weighted by atomic mass is 19.1. The number of rotatable bonds is 6. The lowest BCUT2D eigenvalue weighted by atomic mass is 9.91. The van der Waals surface area contributed by atoms with Gasteiger partial charge in [-0.2, -0.15) is 0 Å². The topological polar surface area (TPSA) is 71.8 Å². The smallest absolute Gasteiger partial charge is 0.309 e. The Morgan fingerprint density at radius 3 is 2.57 bits per heavy atom. The second-order valence-corrected chi connectivity index (χ2v) is 7.65. The highest BCUT2D eigenvalue weighted by molar-refractivity contribution is 5.72. The summed E-state index contributed by atoms with van der Waals surface area (Å²) in [5, 5.41) is 10.7. The number of aromatic hydroxyl groups is 1. The van der Waals surface area contributed by atoms with Crippen molar-refractivity contribution >= 4 is 5.97 Å². The first-order valence-electron chi connectivity index (χ1n) is 10.5. The Balaban J connectivity index is 2.03. The molecule has 1 aliphatic rings. The Labute approximate surface area is 175 Å². The number of nitrogens with zero attached hydrogens (tertiary/aromatic N) is 2. The summed E-state index contributed by atoms with van der Waals surface area (Å²) >= 11 is 0. The highest BCUT2D eigenvalue weighted by Gasteiger charge is 2.34. The number of esters is 1. The lowest BCUT2D eigenvalue weighted by Gasteiger charge is -2.37. The van der Waals surface area contributed by atoms with Crippen LogP contribution in [0.15, 0.2) is 35.1 Å². The standard InChI is InChI=1S/C23H29FN2O4/c1-4-26-15(3)13-19(27)20(22(26)28)21(17-7-6-8-18(24)14-17)25-11-9-16(10-12-25)23(29)30-5-2/h6-8,13-14,16,21,27H,4-5,9-12H2,1-3H3/t21-/m1/s1. The van der Waals surface area contributed by atoms with Gasteiger partial charge in [-0.1, -0.05) is 12.1 Å². The molecule has 0 saturated carbocycles. The molecule has 7 heteroatoms. The van der Waals surface area contributed by atoms with Crippen LogP contribution in [0.1, 0.15) is 49.6 Å². The van der Waals surface area contributed by atoms with Crippen LogP contribution in [0.5, 0.6) is 5.75 Å². The molecule has 1 fully saturated rings. The number of benzene rings is 1. The minimum atomic E-state index is -0.602. The molecular formula is C23H29FN2O4. The van der Waals surface area contributed by atoms with Crippen LogP contribution < -0.4 is 5.56 Å². The predicted octanol–water partition coefficient (Wildman–Crippen LogP) is 3.39. The van der Waals surface area contributed by atoms with Crippen LogP contribution in [0.25, 0.3) is 0 Å². The number of ether oxygens (including phenoxy) is 1. The van der Waals surface area contributed by atoms with Crippen molar-refractivity contribution in [1.82, 2.24) is 9.47 Å². The molecule has 162 valence electrons. The lowest BCUT2D eigenvalue weighted by molar-refractivity contribution is -0.149. The average Bonchev–Trinajstić information content (AvgIpc) is 2.71. The van der Waals surface area contributed by atoms with Crippen LogP contribution in [0.4, 0.5) is 4.39 Å². The van der Waals surface area contributed by atoms with Gasteiger partial charge in [0.2, 0.25) is 0 Å². The van der Waals surface area contributed by atoms with E-state index in [1.165, 1.54) is 12.1 Å². The van der Waals surface area contributed by atoms with Crippen molar-refractivity contribution in [2.75, 3.05) is 19.7 Å². The van der Waals surface area contributed by atoms with E-state index in [0.29, 0.717) is 50.3 Å². The molecule has 1 atom stereocenters. The van der Waals surface area contributed by atoms with E-state index in [4.69, 9.17) is 4.74 Å². The maximum atomic E-state index is 14.0. The molecular weight excluding hydrogens is 387 g/mol. The summed E-state index contributed by atoms with van der Waals surface area (Å²) < 4.78 is 20.8. The molecule has 1 saturated heterocycles. The molecule has 0 spiro atoms. The number of carbonyl (C=O) groups is 1. The molecule has 0 bridgehead atoms. The van der Waals surface area contributed by atoms with Gasteiger partial charge in [0.05, 0.1) is 24.1 Å². The normalized spacial score (nSPS) is 16.4. The fourth-order valence-electron chi connectivity index (χ4n) is 4.31. The quantitative estimate of drug-likeness (QED) is 0.731. The number of aryl methyl sites for hydroxylation is 1. The number of hydrogen-bond donors (Lipinski definition) is 1. The molecule has 1 aromatic carbocycles. The Hall–Kier alpha value is -2.67. The van der Waals surface area contributed by atoms with E-state index in [0.717, 1.165) is 0 Å². The third kappa shape index (κ3) is 4.41. The first-order chi connectivity index (χ1) is 14.4. The second kappa shape index (κ2) is 9.43. The van der Waals surface area contributed by atoms with E-state index in [-0.39, 0.29) is 28.8 Å². The van der Waals surface area contributed by atoms with E-state index < -0.39 is 11.9 Å². The zero-order valence-electron chi connectivity index (χ0n) is 17.7. The SMILES string of the molecule is CCOC(=O)C1CCN([C@H](c2cccc(F)c2)c2c(O)cc(C)n(CC)c2=O)CC1. The molecule has 30 heavy (non-hydrogen) atoms. The lowest BCUT2D eigenvalue weighted by Crippen LogP contribution is -2.42. The summed E-state index contributed by atoms with van der Waals surface area (Å²) in [7, 11) is 0. The maximum Gasteiger partial charge on any atom is 0.309 e. The number of carbonyl (C=O) groups excluding carboxylic acids is 1. The summed E-state index contributed by atoms with van der Waals surface area (Å²) in [5.74, 6) is -0.885. The number of pyridine rings is 1. The number of halogens is 1. The Kier molecular flexibility index (Phi) is 6.92.